The third-order valence-corrected chi connectivity index (χ3v) is 3.60. The molecule has 0 amide bonds. The number of benzene rings is 1. The van der Waals surface area contributed by atoms with Gasteiger partial charge in [0.2, 0.25) is 0 Å². The van der Waals surface area contributed by atoms with E-state index >= 15 is 0 Å². The molecule has 1 aromatic carbocycles. The second-order valence-corrected chi connectivity index (χ2v) is 4.84. The molecule has 0 aromatic heterocycles. The highest BCUT2D eigenvalue weighted by Crippen LogP contribution is 2.32. The molecule has 0 aliphatic heterocycles. The Morgan fingerprint density at radius 2 is 2.20 bits per heavy atom. The lowest BCUT2D eigenvalue weighted by Gasteiger charge is -2.10. The smallest absolute Gasteiger partial charge is 0.318 e. The number of hydrogen-bond donors (Lipinski definition) is 2. The number of hydrogen-bond acceptors (Lipinski definition) is 3. The summed E-state index contributed by atoms with van der Waals surface area (Å²) in [5, 5.41) is 9.10. The second kappa shape index (κ2) is 5.61. The molecule has 0 spiro atoms. The Hall–Kier alpha value is -0.420. The molecule has 1 rings (SSSR count). The Bertz CT molecular complexity index is 373. The van der Waals surface area contributed by atoms with Gasteiger partial charge in [-0.05, 0) is 18.2 Å². The van der Waals surface area contributed by atoms with E-state index in [-0.39, 0.29) is 6.54 Å². The van der Waals surface area contributed by atoms with E-state index in [0.29, 0.717) is 14.9 Å². The first-order valence-corrected chi connectivity index (χ1v) is 5.72. The van der Waals surface area contributed by atoms with Crippen LogP contribution in [-0.4, -0.2) is 22.9 Å². The minimum absolute atomic E-state index is 0.0445. The number of carboxylic acid groups (broad SMARTS) is 1. The third kappa shape index (κ3) is 3.57. The van der Waals surface area contributed by atoms with Crippen molar-refractivity contribution in [2.75, 3.05) is 6.54 Å². The number of carbonyl (C=O) groups is 1. The van der Waals surface area contributed by atoms with Crippen LogP contribution in [0.1, 0.15) is 0 Å². The molecule has 0 saturated carbocycles. The highest BCUT2D eigenvalue weighted by Gasteiger charge is 2.18. The molecule has 1 aromatic rings. The molecular weight excluding hydrogens is 257 g/mol. The van der Waals surface area contributed by atoms with E-state index in [0.717, 1.165) is 11.8 Å². The maximum Gasteiger partial charge on any atom is 0.318 e. The van der Waals surface area contributed by atoms with Crippen molar-refractivity contribution in [2.24, 2.45) is 5.73 Å². The van der Waals surface area contributed by atoms with Crippen LogP contribution in [-0.2, 0) is 4.79 Å². The zero-order valence-electron chi connectivity index (χ0n) is 7.61. The molecule has 3 N–H and O–H groups in total. The lowest BCUT2D eigenvalue weighted by Crippen LogP contribution is -2.25. The van der Waals surface area contributed by atoms with Crippen LogP contribution < -0.4 is 5.73 Å². The van der Waals surface area contributed by atoms with E-state index in [2.05, 4.69) is 0 Å². The van der Waals surface area contributed by atoms with E-state index in [1.165, 1.54) is 0 Å². The van der Waals surface area contributed by atoms with E-state index in [9.17, 15) is 4.79 Å². The molecule has 0 radical (unpaired) electrons. The van der Waals surface area contributed by atoms with Gasteiger partial charge < -0.3 is 10.8 Å². The predicted octanol–water partition coefficient (Wildman–Crippen LogP) is 2.50. The van der Waals surface area contributed by atoms with Gasteiger partial charge in [-0.3, -0.25) is 4.79 Å². The molecule has 0 aliphatic rings. The van der Waals surface area contributed by atoms with Crippen LogP contribution in [0, 0.1) is 0 Å². The Kier molecular flexibility index (Phi) is 4.73. The quantitative estimate of drug-likeness (QED) is 0.822. The molecule has 1 unspecified atom stereocenters. The topological polar surface area (TPSA) is 63.3 Å². The largest absolute Gasteiger partial charge is 0.480 e. The summed E-state index contributed by atoms with van der Waals surface area (Å²) in [4.78, 5) is 11.4. The van der Waals surface area contributed by atoms with Crippen molar-refractivity contribution in [3.05, 3.63) is 28.2 Å². The van der Waals surface area contributed by atoms with E-state index < -0.39 is 11.2 Å². The Labute approximate surface area is 102 Å². The Morgan fingerprint density at radius 1 is 1.53 bits per heavy atom. The van der Waals surface area contributed by atoms with Crippen molar-refractivity contribution in [2.45, 2.75) is 10.1 Å². The summed E-state index contributed by atoms with van der Waals surface area (Å²) in [5.74, 6) is -0.960. The van der Waals surface area contributed by atoms with E-state index in [4.69, 9.17) is 34.0 Å². The molecular formula is C9H9Cl2NO2S. The Balaban J connectivity index is 2.87. The van der Waals surface area contributed by atoms with Gasteiger partial charge in [-0.25, -0.2) is 0 Å². The average molecular weight is 266 g/mol. The number of aliphatic carboxylic acids is 1. The summed E-state index contributed by atoms with van der Waals surface area (Å²) >= 11 is 12.8. The van der Waals surface area contributed by atoms with Gasteiger partial charge in [0.1, 0.15) is 5.25 Å². The third-order valence-electron chi connectivity index (χ3n) is 1.65. The first kappa shape index (κ1) is 12.6. The minimum atomic E-state index is -0.960. The van der Waals surface area contributed by atoms with Crippen LogP contribution >= 0.6 is 35.0 Å². The van der Waals surface area contributed by atoms with Gasteiger partial charge in [-0.15, -0.1) is 11.8 Å². The van der Waals surface area contributed by atoms with Crippen molar-refractivity contribution in [3.8, 4) is 0 Å². The summed E-state index contributed by atoms with van der Waals surface area (Å²) in [5.41, 5.74) is 5.33. The molecule has 0 bridgehead atoms. The summed E-state index contributed by atoms with van der Waals surface area (Å²) in [7, 11) is 0. The van der Waals surface area contributed by atoms with Crippen LogP contribution in [0.3, 0.4) is 0 Å². The molecule has 82 valence electrons. The second-order valence-electron chi connectivity index (χ2n) is 2.76. The number of rotatable bonds is 4. The van der Waals surface area contributed by atoms with Gasteiger partial charge in [0.05, 0.1) is 5.02 Å². The van der Waals surface area contributed by atoms with Gasteiger partial charge in [0.25, 0.3) is 0 Å². The van der Waals surface area contributed by atoms with Gasteiger partial charge in [0, 0.05) is 16.5 Å². The van der Waals surface area contributed by atoms with Crippen molar-refractivity contribution in [1.29, 1.82) is 0 Å². The number of carboxylic acids is 1. The number of nitrogens with two attached hydrogens (primary N) is 1. The van der Waals surface area contributed by atoms with Crippen molar-refractivity contribution < 1.29 is 9.90 Å². The summed E-state index contributed by atoms with van der Waals surface area (Å²) in [6.07, 6.45) is 0. The maximum absolute atomic E-state index is 10.8. The van der Waals surface area contributed by atoms with Crippen LogP contribution in [0.5, 0.6) is 0 Å². The molecule has 3 nitrogen and oxygen atoms in total. The summed E-state index contributed by atoms with van der Waals surface area (Å²) in [6.45, 7) is 0.0445. The van der Waals surface area contributed by atoms with Gasteiger partial charge in [0.15, 0.2) is 0 Å². The number of halogens is 2. The zero-order valence-corrected chi connectivity index (χ0v) is 9.94. The molecule has 0 saturated heterocycles. The fourth-order valence-electron chi connectivity index (χ4n) is 0.920. The SMILES string of the molecule is NCC(Sc1cc(Cl)ccc1Cl)C(=O)O. The highest BCUT2D eigenvalue weighted by molar-refractivity contribution is 8.00. The Morgan fingerprint density at radius 3 is 2.73 bits per heavy atom. The molecule has 0 fully saturated rings. The van der Waals surface area contributed by atoms with Crippen LogP contribution in [0.25, 0.3) is 0 Å². The van der Waals surface area contributed by atoms with Gasteiger partial charge in [-0.2, -0.15) is 0 Å². The summed E-state index contributed by atoms with van der Waals surface area (Å²) in [6, 6.07) is 4.90. The monoisotopic (exact) mass is 265 g/mol. The van der Waals surface area contributed by atoms with Crippen molar-refractivity contribution >= 4 is 40.9 Å². The molecule has 0 heterocycles. The van der Waals surface area contributed by atoms with Gasteiger partial charge >= 0.3 is 5.97 Å². The molecule has 15 heavy (non-hydrogen) atoms. The molecule has 1 atom stereocenters. The molecule has 6 heteroatoms. The lowest BCUT2D eigenvalue weighted by atomic mass is 10.4. The summed E-state index contributed by atoms with van der Waals surface area (Å²) < 4.78 is 0. The maximum atomic E-state index is 10.8. The predicted molar refractivity (Wildman–Crippen MR) is 62.8 cm³/mol. The zero-order chi connectivity index (χ0) is 11.4. The average Bonchev–Trinajstić information content (AvgIpc) is 2.18. The highest BCUT2D eigenvalue weighted by atomic mass is 35.5. The first-order chi connectivity index (χ1) is 7.04. The first-order valence-electron chi connectivity index (χ1n) is 4.09. The van der Waals surface area contributed by atoms with Crippen LogP contribution in [0.4, 0.5) is 0 Å². The van der Waals surface area contributed by atoms with E-state index in [1.807, 2.05) is 0 Å². The standard InChI is InChI=1S/C9H9Cl2NO2S/c10-5-1-2-6(11)7(3-5)15-8(4-12)9(13)14/h1-3,8H,4,12H2,(H,13,14). The van der Waals surface area contributed by atoms with Gasteiger partial charge in [-0.1, -0.05) is 23.2 Å². The van der Waals surface area contributed by atoms with Crippen molar-refractivity contribution in [3.63, 3.8) is 0 Å². The normalized spacial score (nSPS) is 12.5. The minimum Gasteiger partial charge on any atom is -0.480 e. The lowest BCUT2D eigenvalue weighted by molar-refractivity contribution is -0.136. The van der Waals surface area contributed by atoms with Crippen molar-refractivity contribution in [1.82, 2.24) is 0 Å². The van der Waals surface area contributed by atoms with Crippen LogP contribution in [0.15, 0.2) is 23.1 Å². The van der Waals surface area contributed by atoms with Crippen LogP contribution in [0.2, 0.25) is 10.0 Å². The number of thioether (sulfide) groups is 1. The van der Waals surface area contributed by atoms with E-state index in [1.54, 1.807) is 18.2 Å². The fraction of sp³-hybridized carbons (Fsp3) is 0.222. The molecule has 0 aliphatic carbocycles. The fourth-order valence-corrected chi connectivity index (χ4v) is 2.29.